The molecule has 104 valence electrons. The summed E-state index contributed by atoms with van der Waals surface area (Å²) < 4.78 is 4.62. The number of piperidine rings is 1. The van der Waals surface area contributed by atoms with Crippen molar-refractivity contribution in [2.45, 2.75) is 38.3 Å². The van der Waals surface area contributed by atoms with Crippen LogP contribution in [0.25, 0.3) is 0 Å². The number of carbonyl (C=O) groups excluding carboxylic acids is 2. The van der Waals surface area contributed by atoms with E-state index in [9.17, 15) is 9.59 Å². The number of likely N-dealkylation sites (tertiary alicyclic amines) is 1. The van der Waals surface area contributed by atoms with E-state index in [2.05, 4.69) is 10.1 Å². The zero-order chi connectivity index (χ0) is 13.5. The highest BCUT2D eigenvalue weighted by Crippen LogP contribution is 2.10. The van der Waals surface area contributed by atoms with Gasteiger partial charge in [-0.3, -0.25) is 14.9 Å². The van der Waals surface area contributed by atoms with Gasteiger partial charge in [0.2, 0.25) is 5.91 Å². The van der Waals surface area contributed by atoms with Crippen LogP contribution in [-0.2, 0) is 14.3 Å². The number of ether oxygens (including phenoxy) is 1. The number of nitrogens with two attached hydrogens (primary N) is 1. The fraction of sp³-hybridized carbons (Fsp3) is 0.833. The molecule has 1 saturated heterocycles. The fourth-order valence-electron chi connectivity index (χ4n) is 2.14. The molecule has 1 aliphatic heterocycles. The fourth-order valence-corrected chi connectivity index (χ4v) is 2.14. The molecule has 0 radical (unpaired) electrons. The van der Waals surface area contributed by atoms with E-state index in [1.807, 2.05) is 4.90 Å². The molecule has 6 nitrogen and oxygen atoms in total. The van der Waals surface area contributed by atoms with E-state index >= 15 is 0 Å². The van der Waals surface area contributed by atoms with Crippen LogP contribution in [0.1, 0.15) is 26.2 Å². The molecule has 0 aromatic carbocycles. The molecule has 18 heavy (non-hydrogen) atoms. The largest absolute Gasteiger partial charge is 0.468 e. The number of rotatable bonds is 5. The Morgan fingerprint density at radius 3 is 2.44 bits per heavy atom. The maximum Gasteiger partial charge on any atom is 0.324 e. The summed E-state index contributed by atoms with van der Waals surface area (Å²) in [5.41, 5.74) is 5.49. The number of nitrogens with one attached hydrogen (secondary N) is 1. The third kappa shape index (κ3) is 3.96. The molecule has 0 spiro atoms. The van der Waals surface area contributed by atoms with Gasteiger partial charge in [0.05, 0.1) is 13.2 Å². The van der Waals surface area contributed by atoms with Crippen molar-refractivity contribution in [2.75, 3.05) is 26.7 Å². The van der Waals surface area contributed by atoms with Gasteiger partial charge in [0.25, 0.3) is 0 Å². The standard InChI is InChI=1S/C12H23N3O3/c1-9(14-10(8-13)12(17)18-2)11(16)15-6-4-3-5-7-15/h9-10,14H,3-8,13H2,1-2H3. The number of hydrogen-bond acceptors (Lipinski definition) is 5. The van der Waals surface area contributed by atoms with Crippen LogP contribution in [0.5, 0.6) is 0 Å². The molecule has 1 fully saturated rings. The molecule has 0 saturated carbocycles. The Hall–Kier alpha value is -1.14. The van der Waals surface area contributed by atoms with Crippen LogP contribution in [0.3, 0.4) is 0 Å². The number of methoxy groups -OCH3 is 1. The Morgan fingerprint density at radius 2 is 1.94 bits per heavy atom. The Bertz CT molecular complexity index is 290. The molecule has 6 heteroatoms. The first-order valence-electron chi connectivity index (χ1n) is 6.43. The maximum atomic E-state index is 12.1. The summed E-state index contributed by atoms with van der Waals surface area (Å²) in [7, 11) is 1.31. The predicted octanol–water partition coefficient (Wildman–Crippen LogP) is -0.523. The van der Waals surface area contributed by atoms with Gasteiger partial charge in [-0.1, -0.05) is 0 Å². The normalized spacial score (nSPS) is 19.2. The summed E-state index contributed by atoms with van der Waals surface area (Å²) in [4.78, 5) is 25.4. The van der Waals surface area contributed by atoms with Crippen LogP contribution in [0, 0.1) is 0 Å². The highest BCUT2D eigenvalue weighted by molar-refractivity contribution is 5.83. The SMILES string of the molecule is COC(=O)C(CN)NC(C)C(=O)N1CCCCC1. The average Bonchev–Trinajstić information content (AvgIpc) is 2.43. The lowest BCUT2D eigenvalue weighted by atomic mass is 10.1. The number of amides is 1. The molecule has 2 unspecified atom stereocenters. The number of esters is 1. The molecule has 0 aliphatic carbocycles. The van der Waals surface area contributed by atoms with Gasteiger partial charge < -0.3 is 15.4 Å². The van der Waals surface area contributed by atoms with Crippen molar-refractivity contribution in [3.05, 3.63) is 0 Å². The molecule has 1 rings (SSSR count). The Balaban J connectivity index is 2.49. The highest BCUT2D eigenvalue weighted by atomic mass is 16.5. The molecular weight excluding hydrogens is 234 g/mol. The number of nitrogens with zero attached hydrogens (tertiary/aromatic N) is 1. The average molecular weight is 257 g/mol. The molecule has 1 amide bonds. The third-order valence-corrected chi connectivity index (χ3v) is 3.21. The third-order valence-electron chi connectivity index (χ3n) is 3.21. The summed E-state index contributed by atoms with van der Waals surface area (Å²) >= 11 is 0. The van der Waals surface area contributed by atoms with Crippen LogP contribution in [0.15, 0.2) is 0 Å². The van der Waals surface area contributed by atoms with Crippen LogP contribution in [0.2, 0.25) is 0 Å². The van der Waals surface area contributed by atoms with E-state index in [0.29, 0.717) is 0 Å². The molecule has 0 aromatic rings. The van der Waals surface area contributed by atoms with Crippen LogP contribution in [0.4, 0.5) is 0 Å². The molecule has 1 heterocycles. The second-order valence-electron chi connectivity index (χ2n) is 4.59. The topological polar surface area (TPSA) is 84.7 Å². The van der Waals surface area contributed by atoms with Gasteiger partial charge in [-0.25, -0.2) is 0 Å². The van der Waals surface area contributed by atoms with Crippen LogP contribution >= 0.6 is 0 Å². The smallest absolute Gasteiger partial charge is 0.324 e. The molecular formula is C12H23N3O3. The van der Waals surface area contributed by atoms with Crippen LogP contribution in [-0.4, -0.2) is 55.6 Å². The van der Waals surface area contributed by atoms with Crippen molar-refractivity contribution in [2.24, 2.45) is 5.73 Å². The summed E-state index contributed by atoms with van der Waals surface area (Å²) in [6, 6.07) is -1.05. The first-order valence-corrected chi connectivity index (χ1v) is 6.43. The van der Waals surface area contributed by atoms with Crippen molar-refractivity contribution in [3.8, 4) is 0 Å². The summed E-state index contributed by atoms with van der Waals surface area (Å²) in [6.45, 7) is 3.47. The molecule has 3 N–H and O–H groups in total. The number of hydrogen-bond donors (Lipinski definition) is 2. The Morgan fingerprint density at radius 1 is 1.33 bits per heavy atom. The quantitative estimate of drug-likeness (QED) is 0.647. The van der Waals surface area contributed by atoms with E-state index in [1.54, 1.807) is 6.92 Å². The van der Waals surface area contributed by atoms with E-state index in [4.69, 9.17) is 5.73 Å². The number of carbonyl (C=O) groups is 2. The van der Waals surface area contributed by atoms with Crippen molar-refractivity contribution in [1.29, 1.82) is 0 Å². The molecule has 0 aromatic heterocycles. The van der Waals surface area contributed by atoms with Gasteiger partial charge in [-0.2, -0.15) is 0 Å². The van der Waals surface area contributed by atoms with E-state index < -0.39 is 18.1 Å². The second-order valence-corrected chi connectivity index (χ2v) is 4.59. The maximum absolute atomic E-state index is 12.1. The van der Waals surface area contributed by atoms with E-state index in [1.165, 1.54) is 13.5 Å². The van der Waals surface area contributed by atoms with Gasteiger partial charge in [-0.05, 0) is 26.2 Å². The van der Waals surface area contributed by atoms with Gasteiger partial charge >= 0.3 is 5.97 Å². The van der Waals surface area contributed by atoms with Gasteiger partial charge in [0, 0.05) is 19.6 Å². The first kappa shape index (κ1) is 14.9. The second kappa shape index (κ2) is 7.33. The minimum Gasteiger partial charge on any atom is -0.468 e. The lowest BCUT2D eigenvalue weighted by Gasteiger charge is -2.30. The van der Waals surface area contributed by atoms with Gasteiger partial charge in [0.15, 0.2) is 0 Å². The van der Waals surface area contributed by atoms with Gasteiger partial charge in [-0.15, -0.1) is 0 Å². The molecule has 0 bridgehead atoms. The molecule has 2 atom stereocenters. The predicted molar refractivity (Wildman–Crippen MR) is 67.9 cm³/mol. The Kier molecular flexibility index (Phi) is 6.07. The lowest BCUT2D eigenvalue weighted by Crippen LogP contribution is -2.54. The monoisotopic (exact) mass is 257 g/mol. The van der Waals surface area contributed by atoms with Crippen LogP contribution < -0.4 is 11.1 Å². The zero-order valence-electron chi connectivity index (χ0n) is 11.1. The van der Waals surface area contributed by atoms with E-state index in [0.717, 1.165) is 25.9 Å². The van der Waals surface area contributed by atoms with Crippen molar-refractivity contribution in [3.63, 3.8) is 0 Å². The summed E-state index contributed by atoms with van der Waals surface area (Å²) in [6.07, 6.45) is 3.28. The summed E-state index contributed by atoms with van der Waals surface area (Å²) in [5, 5.41) is 2.92. The highest BCUT2D eigenvalue weighted by Gasteiger charge is 2.26. The van der Waals surface area contributed by atoms with Gasteiger partial charge in [0.1, 0.15) is 6.04 Å². The zero-order valence-corrected chi connectivity index (χ0v) is 11.1. The lowest BCUT2D eigenvalue weighted by molar-refractivity contribution is -0.143. The Labute approximate surface area is 108 Å². The first-order chi connectivity index (χ1) is 8.60. The van der Waals surface area contributed by atoms with Crippen molar-refractivity contribution in [1.82, 2.24) is 10.2 Å². The minimum absolute atomic E-state index is 0.0250. The molecule has 1 aliphatic rings. The van der Waals surface area contributed by atoms with Crippen molar-refractivity contribution < 1.29 is 14.3 Å². The summed E-state index contributed by atoms with van der Waals surface area (Å²) in [5.74, 6) is -0.409. The van der Waals surface area contributed by atoms with E-state index in [-0.39, 0.29) is 12.5 Å². The van der Waals surface area contributed by atoms with Crippen molar-refractivity contribution >= 4 is 11.9 Å². The minimum atomic E-state index is -0.626.